The third-order valence-electron chi connectivity index (χ3n) is 4.22. The predicted molar refractivity (Wildman–Crippen MR) is 83.7 cm³/mol. The maximum atomic E-state index is 10.7. The van der Waals surface area contributed by atoms with Crippen molar-refractivity contribution in [1.29, 1.82) is 0 Å². The normalized spacial score (nSPS) is 17.9. The average molecular weight is 341 g/mol. The van der Waals surface area contributed by atoms with E-state index >= 15 is 0 Å². The lowest BCUT2D eigenvalue weighted by molar-refractivity contribution is -0.384. The van der Waals surface area contributed by atoms with E-state index in [1.165, 1.54) is 32.1 Å². The highest BCUT2D eigenvalue weighted by Gasteiger charge is 2.19. The Morgan fingerprint density at radius 2 is 2.10 bits per heavy atom. The fourth-order valence-corrected chi connectivity index (χ4v) is 3.37. The molecule has 4 nitrogen and oxygen atoms in total. The van der Waals surface area contributed by atoms with Crippen molar-refractivity contribution in [2.45, 2.75) is 51.6 Å². The SMILES string of the molecule is C[C@@H](NCc1ccc([N+](=O)[O-])cc1Br)C1CCCCC1. The lowest BCUT2D eigenvalue weighted by Crippen LogP contribution is -2.34. The van der Waals surface area contributed by atoms with Crippen molar-refractivity contribution in [1.82, 2.24) is 5.32 Å². The quantitative estimate of drug-likeness (QED) is 0.637. The molecule has 1 fully saturated rings. The number of hydrogen-bond donors (Lipinski definition) is 1. The number of nitrogens with zero attached hydrogens (tertiary/aromatic N) is 1. The van der Waals surface area contributed by atoms with Gasteiger partial charge in [-0.3, -0.25) is 10.1 Å². The van der Waals surface area contributed by atoms with Crippen molar-refractivity contribution in [3.63, 3.8) is 0 Å². The van der Waals surface area contributed by atoms with Crippen LogP contribution in [-0.4, -0.2) is 11.0 Å². The van der Waals surface area contributed by atoms with Gasteiger partial charge in [0.1, 0.15) is 0 Å². The zero-order valence-electron chi connectivity index (χ0n) is 11.8. The molecule has 1 aliphatic carbocycles. The molecule has 20 heavy (non-hydrogen) atoms. The molecule has 0 bridgehead atoms. The minimum absolute atomic E-state index is 0.126. The molecule has 1 N–H and O–H groups in total. The summed E-state index contributed by atoms with van der Waals surface area (Å²) >= 11 is 3.42. The number of nitro benzene ring substituents is 1. The first-order valence-electron chi connectivity index (χ1n) is 7.24. The van der Waals surface area contributed by atoms with Crippen LogP contribution in [0.25, 0.3) is 0 Å². The minimum Gasteiger partial charge on any atom is -0.310 e. The van der Waals surface area contributed by atoms with Crippen molar-refractivity contribution >= 4 is 21.6 Å². The van der Waals surface area contributed by atoms with Gasteiger partial charge < -0.3 is 5.32 Å². The smallest absolute Gasteiger partial charge is 0.270 e. The first-order valence-corrected chi connectivity index (χ1v) is 8.03. The lowest BCUT2D eigenvalue weighted by atomic mass is 9.84. The summed E-state index contributed by atoms with van der Waals surface area (Å²) in [6.45, 7) is 2.99. The summed E-state index contributed by atoms with van der Waals surface area (Å²) in [5.74, 6) is 0.764. The van der Waals surface area contributed by atoms with Crippen LogP contribution in [0.1, 0.15) is 44.6 Å². The molecule has 0 saturated heterocycles. The van der Waals surface area contributed by atoms with Crippen molar-refractivity contribution in [3.05, 3.63) is 38.3 Å². The summed E-state index contributed by atoms with van der Waals surface area (Å²) in [5, 5.41) is 14.3. The Kier molecular flexibility index (Phi) is 5.54. The third-order valence-corrected chi connectivity index (χ3v) is 4.96. The van der Waals surface area contributed by atoms with E-state index in [-0.39, 0.29) is 10.6 Å². The predicted octanol–water partition coefficient (Wildman–Crippen LogP) is 4.42. The first-order chi connectivity index (χ1) is 9.58. The van der Waals surface area contributed by atoms with Crippen molar-refractivity contribution in [2.24, 2.45) is 5.92 Å². The molecule has 1 aromatic rings. The van der Waals surface area contributed by atoms with E-state index in [1.807, 2.05) is 6.07 Å². The summed E-state index contributed by atoms with van der Waals surface area (Å²) in [7, 11) is 0. The van der Waals surface area contributed by atoms with E-state index in [0.29, 0.717) is 6.04 Å². The summed E-state index contributed by atoms with van der Waals surface area (Å²) < 4.78 is 0.801. The summed E-state index contributed by atoms with van der Waals surface area (Å²) in [4.78, 5) is 10.3. The zero-order chi connectivity index (χ0) is 14.5. The number of non-ortho nitro benzene ring substituents is 1. The topological polar surface area (TPSA) is 55.2 Å². The number of hydrogen-bond acceptors (Lipinski definition) is 3. The van der Waals surface area contributed by atoms with Crippen LogP contribution < -0.4 is 5.32 Å². The Morgan fingerprint density at radius 1 is 1.40 bits per heavy atom. The average Bonchev–Trinajstić information content (AvgIpc) is 2.46. The molecule has 1 aliphatic rings. The molecule has 0 aliphatic heterocycles. The molecule has 0 unspecified atom stereocenters. The number of nitrogens with one attached hydrogen (secondary N) is 1. The maximum Gasteiger partial charge on any atom is 0.270 e. The Balaban J connectivity index is 1.91. The fraction of sp³-hybridized carbons (Fsp3) is 0.600. The van der Waals surface area contributed by atoms with E-state index in [9.17, 15) is 10.1 Å². The summed E-state index contributed by atoms with van der Waals surface area (Å²) in [6, 6.07) is 5.45. The molecule has 0 aromatic heterocycles. The minimum atomic E-state index is -0.368. The molecule has 1 atom stereocenters. The molecule has 1 saturated carbocycles. The van der Waals surface area contributed by atoms with Gasteiger partial charge in [-0.1, -0.05) is 35.2 Å². The molecule has 0 heterocycles. The number of benzene rings is 1. The Hall–Kier alpha value is -0.940. The van der Waals surface area contributed by atoms with Crippen LogP contribution in [0.2, 0.25) is 0 Å². The highest BCUT2D eigenvalue weighted by molar-refractivity contribution is 9.10. The number of rotatable bonds is 5. The van der Waals surface area contributed by atoms with Crippen LogP contribution in [-0.2, 0) is 6.54 Å². The van der Waals surface area contributed by atoms with E-state index in [1.54, 1.807) is 12.1 Å². The zero-order valence-corrected chi connectivity index (χ0v) is 13.4. The summed E-state index contributed by atoms with van der Waals surface area (Å²) in [6.07, 6.45) is 6.69. The van der Waals surface area contributed by atoms with Gasteiger partial charge in [0.15, 0.2) is 0 Å². The molecular formula is C15H21BrN2O2. The van der Waals surface area contributed by atoms with Crippen LogP contribution in [0.5, 0.6) is 0 Å². The van der Waals surface area contributed by atoms with Crippen molar-refractivity contribution in [2.75, 3.05) is 0 Å². The second kappa shape index (κ2) is 7.18. The Labute approximate surface area is 128 Å². The molecule has 0 amide bonds. The van der Waals surface area contributed by atoms with Gasteiger partial charge in [0.05, 0.1) is 4.92 Å². The van der Waals surface area contributed by atoms with E-state index in [0.717, 1.165) is 22.5 Å². The molecule has 1 aromatic carbocycles. The maximum absolute atomic E-state index is 10.7. The van der Waals surface area contributed by atoms with Gasteiger partial charge >= 0.3 is 0 Å². The van der Waals surface area contributed by atoms with Gasteiger partial charge in [0, 0.05) is 29.2 Å². The van der Waals surface area contributed by atoms with Gasteiger partial charge in [-0.25, -0.2) is 0 Å². The van der Waals surface area contributed by atoms with E-state index < -0.39 is 0 Å². The summed E-state index contributed by atoms with van der Waals surface area (Å²) in [5.41, 5.74) is 1.19. The fourth-order valence-electron chi connectivity index (χ4n) is 2.86. The molecule has 2 rings (SSSR count). The van der Waals surface area contributed by atoms with E-state index in [2.05, 4.69) is 28.2 Å². The number of nitro groups is 1. The molecule has 0 spiro atoms. The van der Waals surface area contributed by atoms with E-state index in [4.69, 9.17) is 0 Å². The largest absolute Gasteiger partial charge is 0.310 e. The van der Waals surface area contributed by atoms with Crippen LogP contribution in [0, 0.1) is 16.0 Å². The molecular weight excluding hydrogens is 320 g/mol. The van der Waals surface area contributed by atoms with Crippen LogP contribution in [0.3, 0.4) is 0 Å². The monoisotopic (exact) mass is 340 g/mol. The lowest BCUT2D eigenvalue weighted by Gasteiger charge is -2.28. The van der Waals surface area contributed by atoms with Gasteiger partial charge in [-0.05, 0) is 37.3 Å². The van der Waals surface area contributed by atoms with Crippen LogP contribution in [0.4, 0.5) is 5.69 Å². The first kappa shape index (κ1) is 15.4. The van der Waals surface area contributed by atoms with Gasteiger partial charge in [-0.15, -0.1) is 0 Å². The van der Waals surface area contributed by atoms with Crippen molar-refractivity contribution in [3.8, 4) is 0 Å². The molecule has 5 heteroatoms. The van der Waals surface area contributed by atoms with Gasteiger partial charge in [0.2, 0.25) is 0 Å². The molecule has 0 radical (unpaired) electrons. The standard InChI is InChI=1S/C15H21BrN2O2/c1-11(12-5-3-2-4-6-12)17-10-13-7-8-14(18(19)20)9-15(13)16/h7-9,11-12,17H,2-6,10H2,1H3/t11-/m1/s1. The molecule has 110 valence electrons. The second-order valence-electron chi connectivity index (χ2n) is 5.60. The van der Waals surface area contributed by atoms with Gasteiger partial charge in [0.25, 0.3) is 5.69 Å². The van der Waals surface area contributed by atoms with Crippen LogP contribution >= 0.6 is 15.9 Å². The van der Waals surface area contributed by atoms with Crippen molar-refractivity contribution < 1.29 is 4.92 Å². The van der Waals surface area contributed by atoms with Gasteiger partial charge in [-0.2, -0.15) is 0 Å². The van der Waals surface area contributed by atoms with Crippen LogP contribution in [0.15, 0.2) is 22.7 Å². The second-order valence-corrected chi connectivity index (χ2v) is 6.45. The highest BCUT2D eigenvalue weighted by atomic mass is 79.9. The Morgan fingerprint density at radius 3 is 2.70 bits per heavy atom. The Bertz CT molecular complexity index is 473. The third kappa shape index (κ3) is 4.03. The highest BCUT2D eigenvalue weighted by Crippen LogP contribution is 2.27. The number of halogens is 1.